The van der Waals surface area contributed by atoms with E-state index in [-0.39, 0.29) is 18.3 Å². The van der Waals surface area contributed by atoms with E-state index in [2.05, 4.69) is 20.9 Å². The molecule has 0 aromatic carbocycles. The lowest BCUT2D eigenvalue weighted by Gasteiger charge is -2.22. The Balaban J connectivity index is 2.26. The molecular weight excluding hydrogens is 325 g/mol. The fraction of sp³-hybridized carbons (Fsp3) is 0.583. The van der Waals surface area contributed by atoms with Crippen LogP contribution in [0.3, 0.4) is 0 Å². The third-order valence-electron chi connectivity index (χ3n) is 3.26. The second kappa shape index (κ2) is 5.66. The van der Waals surface area contributed by atoms with E-state index in [1.807, 2.05) is 0 Å². The molecule has 3 nitrogen and oxygen atoms in total. The number of alkyl halides is 3. The Hall–Kier alpha value is -0.820. The monoisotopic (exact) mass is 338 g/mol. The van der Waals surface area contributed by atoms with Gasteiger partial charge >= 0.3 is 6.18 Å². The molecule has 2 heterocycles. The molecule has 0 bridgehead atoms. The van der Waals surface area contributed by atoms with Gasteiger partial charge in [-0.2, -0.15) is 13.2 Å². The fourth-order valence-electron chi connectivity index (χ4n) is 2.34. The van der Waals surface area contributed by atoms with Gasteiger partial charge < -0.3 is 10.0 Å². The summed E-state index contributed by atoms with van der Waals surface area (Å²) < 4.78 is 39.3. The minimum Gasteiger partial charge on any atom is -0.396 e. The minimum absolute atomic E-state index is 0.0175. The highest BCUT2D eigenvalue weighted by atomic mass is 79.9. The zero-order valence-electron chi connectivity index (χ0n) is 10.1. The van der Waals surface area contributed by atoms with Crippen LogP contribution >= 0.6 is 15.9 Å². The number of hydrogen-bond donors (Lipinski definition) is 1. The molecule has 1 atom stereocenters. The van der Waals surface area contributed by atoms with Crippen molar-refractivity contribution in [2.45, 2.75) is 19.0 Å². The average molecular weight is 339 g/mol. The molecular formula is C12H14BrF3N2O. The van der Waals surface area contributed by atoms with E-state index in [0.29, 0.717) is 24.0 Å². The van der Waals surface area contributed by atoms with E-state index in [4.69, 9.17) is 5.11 Å². The predicted octanol–water partition coefficient (Wildman–Crippen LogP) is 3.07. The van der Waals surface area contributed by atoms with Gasteiger partial charge in [0.2, 0.25) is 0 Å². The van der Waals surface area contributed by atoms with Crippen molar-refractivity contribution in [3.8, 4) is 0 Å². The second-order valence-corrected chi connectivity index (χ2v) is 5.55. The van der Waals surface area contributed by atoms with Gasteiger partial charge in [-0.3, -0.25) is 0 Å². The Bertz CT molecular complexity index is 453. The summed E-state index contributed by atoms with van der Waals surface area (Å²) in [5.74, 6) is 0.215. The van der Waals surface area contributed by atoms with Crippen molar-refractivity contribution < 1.29 is 18.3 Å². The van der Waals surface area contributed by atoms with Crippen molar-refractivity contribution in [3.63, 3.8) is 0 Å². The van der Waals surface area contributed by atoms with E-state index in [0.717, 1.165) is 12.5 Å². The lowest BCUT2D eigenvalue weighted by atomic mass is 10.1. The van der Waals surface area contributed by atoms with Crippen molar-refractivity contribution in [1.82, 2.24) is 4.98 Å². The highest BCUT2D eigenvalue weighted by molar-refractivity contribution is 9.10. The van der Waals surface area contributed by atoms with Crippen LogP contribution in [0.4, 0.5) is 19.0 Å². The van der Waals surface area contributed by atoms with E-state index in [1.54, 1.807) is 4.90 Å². The van der Waals surface area contributed by atoms with Gasteiger partial charge in [-0.15, -0.1) is 0 Å². The van der Waals surface area contributed by atoms with Gasteiger partial charge in [0.25, 0.3) is 0 Å². The Morgan fingerprint density at radius 2 is 2.21 bits per heavy atom. The van der Waals surface area contributed by atoms with Crippen LogP contribution in [0.25, 0.3) is 0 Å². The summed E-state index contributed by atoms with van der Waals surface area (Å²) in [6.07, 6.45) is -1.63. The highest BCUT2D eigenvalue weighted by Gasteiger charge is 2.37. The Morgan fingerprint density at radius 3 is 2.84 bits per heavy atom. The van der Waals surface area contributed by atoms with Gasteiger partial charge in [0.1, 0.15) is 5.82 Å². The van der Waals surface area contributed by atoms with Crippen LogP contribution in [-0.2, 0) is 6.18 Å². The lowest BCUT2D eigenvalue weighted by Crippen LogP contribution is -2.24. The molecule has 1 aromatic heterocycles. The van der Waals surface area contributed by atoms with Gasteiger partial charge in [0.15, 0.2) is 0 Å². The number of aliphatic hydroxyl groups excluding tert-OH is 1. The van der Waals surface area contributed by atoms with E-state index >= 15 is 0 Å². The summed E-state index contributed by atoms with van der Waals surface area (Å²) in [7, 11) is 0. The summed E-state index contributed by atoms with van der Waals surface area (Å²) in [4.78, 5) is 5.57. The third-order valence-corrected chi connectivity index (χ3v) is 3.70. The summed E-state index contributed by atoms with van der Waals surface area (Å²) in [5, 5.41) is 8.88. The summed E-state index contributed by atoms with van der Waals surface area (Å²) in [6, 6.07) is 1.06. The number of pyridine rings is 1. The maximum Gasteiger partial charge on any atom is 0.419 e. The van der Waals surface area contributed by atoms with Gasteiger partial charge in [0.05, 0.1) is 5.56 Å². The lowest BCUT2D eigenvalue weighted by molar-refractivity contribution is -0.137. The average Bonchev–Trinajstić information content (AvgIpc) is 2.77. The van der Waals surface area contributed by atoms with E-state index < -0.39 is 11.7 Å². The molecule has 2 rings (SSSR count). The number of hydrogen-bond acceptors (Lipinski definition) is 3. The number of anilines is 1. The molecule has 1 unspecified atom stereocenters. The van der Waals surface area contributed by atoms with Gasteiger partial charge in [-0.1, -0.05) is 0 Å². The maximum absolute atomic E-state index is 13.0. The van der Waals surface area contributed by atoms with Crippen LogP contribution in [0, 0.1) is 5.92 Å². The van der Waals surface area contributed by atoms with Gasteiger partial charge in [-0.05, 0) is 40.8 Å². The van der Waals surface area contributed by atoms with E-state index in [1.165, 1.54) is 6.20 Å². The van der Waals surface area contributed by atoms with Crippen LogP contribution in [-0.4, -0.2) is 29.8 Å². The molecule has 0 amide bonds. The summed E-state index contributed by atoms with van der Waals surface area (Å²) in [5.41, 5.74) is -0.716. The van der Waals surface area contributed by atoms with Crippen LogP contribution in [0.1, 0.15) is 18.4 Å². The topological polar surface area (TPSA) is 36.4 Å². The molecule has 1 aliphatic heterocycles. The molecule has 0 saturated carbocycles. The first-order chi connectivity index (χ1) is 8.91. The van der Waals surface area contributed by atoms with E-state index in [9.17, 15) is 13.2 Å². The zero-order valence-corrected chi connectivity index (χ0v) is 11.7. The summed E-state index contributed by atoms with van der Waals surface area (Å²) in [6.45, 7) is 1.12. The third kappa shape index (κ3) is 3.39. The molecule has 19 heavy (non-hydrogen) atoms. The molecule has 0 spiro atoms. The number of aromatic nitrogens is 1. The Kier molecular flexibility index (Phi) is 4.35. The predicted molar refractivity (Wildman–Crippen MR) is 69.0 cm³/mol. The van der Waals surface area contributed by atoms with Gasteiger partial charge in [0, 0.05) is 30.4 Å². The number of aliphatic hydroxyl groups is 1. The van der Waals surface area contributed by atoms with Crippen LogP contribution in [0.2, 0.25) is 0 Å². The van der Waals surface area contributed by atoms with Crippen LogP contribution < -0.4 is 4.90 Å². The first-order valence-corrected chi connectivity index (χ1v) is 6.79. The Labute approximate surface area is 117 Å². The van der Waals surface area contributed by atoms with Crippen molar-refractivity contribution in [2.24, 2.45) is 5.92 Å². The highest BCUT2D eigenvalue weighted by Crippen LogP contribution is 2.38. The minimum atomic E-state index is -4.42. The molecule has 1 fully saturated rings. The van der Waals surface area contributed by atoms with Crippen molar-refractivity contribution in [3.05, 3.63) is 22.3 Å². The van der Waals surface area contributed by atoms with Crippen molar-refractivity contribution >= 4 is 21.7 Å². The first kappa shape index (κ1) is 14.6. The molecule has 1 N–H and O–H groups in total. The maximum atomic E-state index is 13.0. The smallest absolute Gasteiger partial charge is 0.396 e. The normalized spacial score (nSPS) is 20.1. The van der Waals surface area contributed by atoms with Crippen LogP contribution in [0.15, 0.2) is 16.7 Å². The van der Waals surface area contributed by atoms with Crippen LogP contribution in [0.5, 0.6) is 0 Å². The molecule has 106 valence electrons. The van der Waals surface area contributed by atoms with Crippen molar-refractivity contribution in [1.29, 1.82) is 0 Å². The standard InChI is InChI=1S/C12H14BrF3N2O/c13-9-5-10(12(14,15)16)11(17-6-9)18-3-1-8(7-18)2-4-19/h5-6,8,19H,1-4,7H2. The summed E-state index contributed by atoms with van der Waals surface area (Å²) >= 11 is 3.02. The second-order valence-electron chi connectivity index (χ2n) is 4.64. The Morgan fingerprint density at radius 1 is 1.47 bits per heavy atom. The first-order valence-electron chi connectivity index (χ1n) is 6.00. The molecule has 1 saturated heterocycles. The zero-order chi connectivity index (χ0) is 14.0. The quantitative estimate of drug-likeness (QED) is 0.920. The largest absolute Gasteiger partial charge is 0.419 e. The molecule has 1 aliphatic rings. The number of rotatable bonds is 3. The molecule has 0 aliphatic carbocycles. The number of nitrogens with zero attached hydrogens (tertiary/aromatic N) is 2. The molecule has 7 heteroatoms. The SMILES string of the molecule is OCCC1CCN(c2ncc(Br)cc2C(F)(F)F)C1. The number of halogens is 4. The molecule has 1 aromatic rings. The van der Waals surface area contributed by atoms with Crippen molar-refractivity contribution in [2.75, 3.05) is 24.6 Å². The molecule has 0 radical (unpaired) electrons. The fourth-order valence-corrected chi connectivity index (χ4v) is 2.67. The van der Waals surface area contributed by atoms with Gasteiger partial charge in [-0.25, -0.2) is 4.98 Å².